The lowest BCUT2D eigenvalue weighted by Gasteiger charge is -2.54. The number of likely N-dealkylation sites (N-methyl/N-ethyl adjacent to an activating group) is 1. The van der Waals surface area contributed by atoms with E-state index >= 15 is 0 Å². The van der Waals surface area contributed by atoms with E-state index in [-0.39, 0.29) is 17.7 Å². The molecule has 0 radical (unpaired) electrons. The number of hydrogen-bond acceptors (Lipinski definition) is 9. The first-order chi connectivity index (χ1) is 15.9. The van der Waals surface area contributed by atoms with Crippen molar-refractivity contribution in [1.29, 1.82) is 0 Å². The second-order valence-electron chi connectivity index (χ2n) is 9.81. The van der Waals surface area contributed by atoms with Gasteiger partial charge < -0.3 is 20.5 Å². The third-order valence-electron chi connectivity index (χ3n) is 7.69. The first-order valence-corrected chi connectivity index (χ1v) is 11.1. The molecule has 1 aromatic rings. The summed E-state index contributed by atoms with van der Waals surface area (Å²) in [5.74, 6) is -8.93. The molecule has 6 unspecified atom stereocenters. The van der Waals surface area contributed by atoms with Crippen molar-refractivity contribution in [2.75, 3.05) is 40.2 Å². The number of nitrogens with two attached hydrogens (primary N) is 1. The van der Waals surface area contributed by atoms with Gasteiger partial charge in [-0.3, -0.25) is 28.9 Å². The van der Waals surface area contributed by atoms with Gasteiger partial charge in [-0.15, -0.1) is 0 Å². The number of methoxy groups -OCH3 is 1. The molecule has 0 heterocycles. The fraction of sp³-hybridized carbons (Fsp3) is 0.542. The molecule has 1 aromatic carbocycles. The van der Waals surface area contributed by atoms with E-state index in [0.29, 0.717) is 12.0 Å². The number of ketones is 4. The minimum atomic E-state index is -2.16. The topological polar surface area (TPSA) is 147 Å². The highest BCUT2D eigenvalue weighted by atomic mass is 16.5. The minimum Gasteiger partial charge on any atom is -0.507 e. The van der Waals surface area contributed by atoms with Crippen LogP contribution in [0.15, 0.2) is 12.1 Å². The van der Waals surface area contributed by atoms with Crippen LogP contribution in [0.4, 0.5) is 5.69 Å². The summed E-state index contributed by atoms with van der Waals surface area (Å²) < 4.78 is 5.59. The number of carbonyl (C=O) groups excluding carboxylic acids is 5. The maximum absolute atomic E-state index is 14.0. The highest BCUT2D eigenvalue weighted by Crippen LogP contribution is 2.52. The lowest BCUT2D eigenvalue weighted by molar-refractivity contribution is -0.186. The predicted molar refractivity (Wildman–Crippen MR) is 120 cm³/mol. The molecule has 0 saturated heterocycles. The Balaban J connectivity index is 1.92. The fourth-order valence-corrected chi connectivity index (χ4v) is 6.34. The largest absolute Gasteiger partial charge is 0.507 e. The van der Waals surface area contributed by atoms with Gasteiger partial charge in [-0.25, -0.2) is 0 Å². The van der Waals surface area contributed by atoms with Gasteiger partial charge in [-0.1, -0.05) is 0 Å². The number of amides is 1. The summed E-state index contributed by atoms with van der Waals surface area (Å²) in [7, 11) is 8.05. The summed E-state index contributed by atoms with van der Waals surface area (Å²) in [5, 5.41) is 10.5. The smallest absolute Gasteiger partial charge is 0.235 e. The number of fused-ring (bicyclic) bond motifs is 3. The SMILES string of the molecule is COC12C(=O)C(C(N)=O)C(=O)C(N(C)C)C1CC1Cc3c(N(C)C)ccc(O)c3C(=O)C1C2=O. The van der Waals surface area contributed by atoms with Crippen LogP contribution in [0.2, 0.25) is 0 Å². The monoisotopic (exact) mass is 471 g/mol. The van der Waals surface area contributed by atoms with Gasteiger partial charge in [-0.2, -0.15) is 0 Å². The third kappa shape index (κ3) is 2.98. The van der Waals surface area contributed by atoms with E-state index in [2.05, 4.69) is 0 Å². The first kappa shape index (κ1) is 24.0. The number of aromatic hydroxyl groups is 1. The lowest BCUT2D eigenvalue weighted by Crippen LogP contribution is -2.74. The van der Waals surface area contributed by atoms with Gasteiger partial charge in [0.2, 0.25) is 5.91 Å². The van der Waals surface area contributed by atoms with Gasteiger partial charge in [-0.05, 0) is 50.6 Å². The first-order valence-electron chi connectivity index (χ1n) is 11.1. The highest BCUT2D eigenvalue weighted by Gasteiger charge is 2.70. The molecule has 2 saturated carbocycles. The second kappa shape index (κ2) is 7.99. The molecule has 10 nitrogen and oxygen atoms in total. The van der Waals surface area contributed by atoms with Gasteiger partial charge in [0.1, 0.15) is 5.75 Å². The zero-order chi connectivity index (χ0) is 25.3. The van der Waals surface area contributed by atoms with Crippen LogP contribution in [0.25, 0.3) is 0 Å². The van der Waals surface area contributed by atoms with E-state index < -0.39 is 64.4 Å². The van der Waals surface area contributed by atoms with Crippen molar-refractivity contribution >= 4 is 34.7 Å². The lowest BCUT2D eigenvalue weighted by atomic mass is 9.52. The number of ether oxygens (including phenoxy) is 1. The Hall–Kier alpha value is -3.11. The average molecular weight is 472 g/mol. The Morgan fingerprint density at radius 3 is 2.29 bits per heavy atom. The summed E-state index contributed by atoms with van der Waals surface area (Å²) in [6.07, 6.45) is 0.473. The quantitative estimate of drug-likeness (QED) is 0.559. The second-order valence-corrected chi connectivity index (χ2v) is 9.81. The summed E-state index contributed by atoms with van der Waals surface area (Å²) in [6, 6.07) is 2.14. The Labute approximate surface area is 197 Å². The molecule has 182 valence electrons. The normalized spacial score (nSPS) is 32.8. The van der Waals surface area contributed by atoms with Crippen LogP contribution >= 0.6 is 0 Å². The molecule has 4 rings (SSSR count). The number of phenolic OH excluding ortho intramolecular Hbond substituents is 1. The van der Waals surface area contributed by atoms with Crippen LogP contribution in [-0.2, 0) is 30.3 Å². The minimum absolute atomic E-state index is 0.0560. The molecule has 0 aromatic heterocycles. The third-order valence-corrected chi connectivity index (χ3v) is 7.69. The van der Waals surface area contributed by atoms with E-state index in [1.54, 1.807) is 25.1 Å². The van der Waals surface area contributed by atoms with Gasteiger partial charge in [0.25, 0.3) is 0 Å². The molecule has 2 fully saturated rings. The van der Waals surface area contributed by atoms with E-state index in [1.165, 1.54) is 13.2 Å². The number of nitrogens with zero attached hydrogens (tertiary/aromatic N) is 2. The van der Waals surface area contributed by atoms with Crippen molar-refractivity contribution in [3.8, 4) is 5.75 Å². The Bertz CT molecular complexity index is 1130. The predicted octanol–water partition coefficient (Wildman–Crippen LogP) is -0.413. The van der Waals surface area contributed by atoms with E-state index in [0.717, 1.165) is 5.69 Å². The fourth-order valence-electron chi connectivity index (χ4n) is 6.34. The van der Waals surface area contributed by atoms with E-state index in [9.17, 15) is 29.1 Å². The summed E-state index contributed by atoms with van der Waals surface area (Å²) in [5.41, 5.74) is 4.67. The molecule has 0 bridgehead atoms. The number of Topliss-reactive ketones (excluding diaryl/α,β-unsaturated/α-hetero) is 4. The number of primary amides is 1. The standard InChI is InChI=1S/C24H29N3O7/c1-26(2)13-6-7-14(28)16-11(13)8-10-9-12-18(27(3)4)20(30)17(23(25)33)22(32)24(12,34-5)21(31)15(10)19(16)29/h6-7,10,12,15,17-18,28H,8-9H2,1-5H3,(H2,25,33). The van der Waals surface area contributed by atoms with Crippen molar-refractivity contribution in [2.24, 2.45) is 29.4 Å². The molecular formula is C24H29N3O7. The van der Waals surface area contributed by atoms with Crippen molar-refractivity contribution < 1.29 is 33.8 Å². The van der Waals surface area contributed by atoms with Gasteiger partial charge in [0, 0.05) is 32.8 Å². The van der Waals surface area contributed by atoms with Crippen molar-refractivity contribution in [3.05, 3.63) is 23.3 Å². The number of rotatable bonds is 4. The number of hydrogen-bond donors (Lipinski definition) is 2. The molecular weight excluding hydrogens is 442 g/mol. The van der Waals surface area contributed by atoms with Crippen LogP contribution in [0.3, 0.4) is 0 Å². The molecule has 3 aliphatic rings. The molecule has 3 aliphatic carbocycles. The molecule has 6 atom stereocenters. The maximum atomic E-state index is 14.0. The zero-order valence-corrected chi connectivity index (χ0v) is 19.8. The average Bonchev–Trinajstić information content (AvgIpc) is 2.73. The van der Waals surface area contributed by atoms with Crippen LogP contribution in [0, 0.1) is 23.7 Å². The van der Waals surface area contributed by atoms with Crippen molar-refractivity contribution in [1.82, 2.24) is 4.90 Å². The van der Waals surface area contributed by atoms with Crippen LogP contribution in [0.5, 0.6) is 5.75 Å². The van der Waals surface area contributed by atoms with E-state index in [1.807, 2.05) is 19.0 Å². The highest BCUT2D eigenvalue weighted by molar-refractivity contribution is 6.32. The molecule has 10 heteroatoms. The van der Waals surface area contributed by atoms with Gasteiger partial charge in [0.15, 0.2) is 34.7 Å². The summed E-state index contributed by atoms with van der Waals surface area (Å²) in [6.45, 7) is 0. The number of benzene rings is 1. The Morgan fingerprint density at radius 1 is 1.12 bits per heavy atom. The number of carbonyl (C=O) groups is 5. The Kier molecular flexibility index (Phi) is 5.64. The van der Waals surface area contributed by atoms with Crippen LogP contribution in [0.1, 0.15) is 22.3 Å². The van der Waals surface area contributed by atoms with Crippen molar-refractivity contribution in [2.45, 2.75) is 24.5 Å². The summed E-state index contributed by atoms with van der Waals surface area (Å²) in [4.78, 5) is 69.9. The van der Waals surface area contributed by atoms with Crippen LogP contribution in [-0.4, -0.2) is 86.0 Å². The van der Waals surface area contributed by atoms with E-state index in [4.69, 9.17) is 10.5 Å². The van der Waals surface area contributed by atoms with Gasteiger partial charge in [0.05, 0.1) is 17.5 Å². The number of phenols is 1. The summed E-state index contributed by atoms with van der Waals surface area (Å²) >= 11 is 0. The molecule has 0 spiro atoms. The molecule has 0 aliphatic heterocycles. The zero-order valence-electron chi connectivity index (χ0n) is 19.8. The molecule has 34 heavy (non-hydrogen) atoms. The van der Waals surface area contributed by atoms with Crippen LogP contribution < -0.4 is 10.6 Å². The maximum Gasteiger partial charge on any atom is 0.235 e. The van der Waals surface area contributed by atoms with Gasteiger partial charge >= 0.3 is 0 Å². The molecule has 3 N–H and O–H groups in total. The van der Waals surface area contributed by atoms with Crippen molar-refractivity contribution in [3.63, 3.8) is 0 Å². The Morgan fingerprint density at radius 2 is 1.76 bits per heavy atom. The molecule has 1 amide bonds. The number of anilines is 1.